The molecule has 5 aliphatic rings. The van der Waals surface area contributed by atoms with Crippen molar-refractivity contribution in [1.29, 1.82) is 0 Å². The molecule has 0 aromatic heterocycles. The predicted molar refractivity (Wildman–Crippen MR) is 199 cm³/mol. The van der Waals surface area contributed by atoms with E-state index in [4.69, 9.17) is 14.2 Å². The molecule has 5 N–H and O–H groups in total. The number of carbonyl (C=O) groups excluding carboxylic acids is 1. The van der Waals surface area contributed by atoms with Crippen LogP contribution in [-0.4, -0.2) is 90.4 Å². The SMILES string of the molecule is CC(Cc1ccc(OCCC[N+]23CCC(CC2)[C@@H](OCC(O)(c2ccccc2)C2CCCC2)C3)cc1)NC[C@H](O)c1cc(O)cc2c1OCC(=O)N2. The average Bonchev–Trinajstić information content (AvgIpc) is 3.72. The van der Waals surface area contributed by atoms with Crippen molar-refractivity contribution in [3.05, 3.63) is 83.4 Å². The topological polar surface area (TPSA) is 130 Å². The molecule has 4 atom stereocenters. The maximum Gasteiger partial charge on any atom is 0.262 e. The number of aliphatic hydroxyl groups excluding tert-OH is 1. The molecule has 1 aliphatic carbocycles. The summed E-state index contributed by atoms with van der Waals surface area (Å²) in [5.74, 6) is 1.76. The van der Waals surface area contributed by atoms with Crippen molar-refractivity contribution >= 4 is 11.6 Å². The van der Waals surface area contributed by atoms with Crippen LogP contribution >= 0.6 is 0 Å². The molecule has 4 aliphatic heterocycles. The minimum Gasteiger partial charge on any atom is -0.508 e. The minimum absolute atomic E-state index is 0.0455. The summed E-state index contributed by atoms with van der Waals surface area (Å²) >= 11 is 0. The molecule has 0 spiro atoms. The molecule has 1 amide bonds. The number of benzene rings is 3. The molecule has 8 rings (SSSR count). The molecule has 10 heteroatoms. The van der Waals surface area contributed by atoms with E-state index in [1.54, 1.807) is 0 Å². The zero-order valence-electron chi connectivity index (χ0n) is 30.5. The van der Waals surface area contributed by atoms with Gasteiger partial charge in [0.1, 0.15) is 35.5 Å². The van der Waals surface area contributed by atoms with Gasteiger partial charge in [-0.2, -0.15) is 0 Å². The van der Waals surface area contributed by atoms with Crippen LogP contribution in [0.1, 0.15) is 74.7 Å². The quantitative estimate of drug-likeness (QED) is 0.0980. The van der Waals surface area contributed by atoms with Gasteiger partial charge in [-0.05, 0) is 61.4 Å². The molecule has 2 bridgehead atoms. The zero-order chi connectivity index (χ0) is 36.1. The predicted octanol–water partition coefficient (Wildman–Crippen LogP) is 5.45. The fourth-order valence-electron chi connectivity index (χ4n) is 9.15. The third-order valence-electron chi connectivity index (χ3n) is 12.1. The first-order chi connectivity index (χ1) is 25.2. The van der Waals surface area contributed by atoms with Gasteiger partial charge < -0.3 is 44.6 Å². The molecule has 3 aromatic carbocycles. The lowest BCUT2D eigenvalue weighted by atomic mass is 9.80. The van der Waals surface area contributed by atoms with Crippen molar-refractivity contribution in [1.82, 2.24) is 5.32 Å². The Balaban J connectivity index is 0.847. The number of aromatic hydroxyl groups is 1. The number of ether oxygens (including phenoxy) is 3. The number of carbonyl (C=O) groups is 1. The Labute approximate surface area is 307 Å². The number of hydrogen-bond acceptors (Lipinski definition) is 8. The summed E-state index contributed by atoms with van der Waals surface area (Å²) in [5, 5.41) is 39.1. The number of nitrogens with zero attached hydrogens (tertiary/aromatic N) is 1. The van der Waals surface area contributed by atoms with Gasteiger partial charge in [0.05, 0.1) is 44.6 Å². The van der Waals surface area contributed by atoms with Crippen LogP contribution in [0.5, 0.6) is 17.2 Å². The molecule has 3 aromatic rings. The number of fused-ring (bicyclic) bond motifs is 4. The van der Waals surface area contributed by atoms with Gasteiger partial charge in [-0.1, -0.05) is 55.3 Å². The number of quaternary nitrogens is 1. The normalized spacial score (nSPS) is 25.1. The van der Waals surface area contributed by atoms with Crippen LogP contribution < -0.4 is 20.1 Å². The summed E-state index contributed by atoms with van der Waals surface area (Å²) in [4.78, 5) is 11.7. The monoisotopic (exact) mass is 714 g/mol. The van der Waals surface area contributed by atoms with Gasteiger partial charge in [0.25, 0.3) is 5.91 Å². The number of hydrogen-bond donors (Lipinski definition) is 5. The van der Waals surface area contributed by atoms with Gasteiger partial charge in [0.2, 0.25) is 0 Å². The smallest absolute Gasteiger partial charge is 0.262 e. The molecule has 0 radical (unpaired) electrons. The summed E-state index contributed by atoms with van der Waals surface area (Å²) in [5.41, 5.74) is 2.04. The molecule has 280 valence electrons. The molecular formula is C42H56N3O7+. The minimum atomic E-state index is -0.921. The lowest BCUT2D eigenvalue weighted by Gasteiger charge is -2.53. The van der Waals surface area contributed by atoms with Crippen LogP contribution in [0.2, 0.25) is 0 Å². The van der Waals surface area contributed by atoms with Crippen LogP contribution in [0.4, 0.5) is 5.69 Å². The largest absolute Gasteiger partial charge is 0.508 e. The Morgan fingerprint density at radius 2 is 1.79 bits per heavy atom. The van der Waals surface area contributed by atoms with Crippen molar-refractivity contribution in [2.24, 2.45) is 11.8 Å². The first-order valence-electron chi connectivity index (χ1n) is 19.4. The van der Waals surface area contributed by atoms with E-state index < -0.39 is 11.7 Å². The third kappa shape index (κ3) is 8.42. The van der Waals surface area contributed by atoms with E-state index in [2.05, 4.69) is 41.8 Å². The Morgan fingerprint density at radius 3 is 2.54 bits per heavy atom. The maximum absolute atomic E-state index is 12.0. The number of nitrogens with one attached hydrogen (secondary N) is 2. The average molecular weight is 715 g/mol. The summed E-state index contributed by atoms with van der Waals surface area (Å²) in [7, 11) is 0. The Morgan fingerprint density at radius 1 is 1.04 bits per heavy atom. The Bertz CT molecular complexity index is 1640. The van der Waals surface area contributed by atoms with Crippen LogP contribution in [0.15, 0.2) is 66.7 Å². The van der Waals surface area contributed by atoms with E-state index >= 15 is 0 Å². The van der Waals surface area contributed by atoms with Gasteiger partial charge in [-0.15, -0.1) is 0 Å². The number of phenolic OH excluding ortho intramolecular Hbond substituents is 1. The number of piperidine rings is 3. The number of rotatable bonds is 16. The van der Waals surface area contributed by atoms with Gasteiger partial charge in [0, 0.05) is 49.4 Å². The number of phenols is 1. The molecule has 2 unspecified atom stereocenters. The second kappa shape index (κ2) is 16.1. The summed E-state index contributed by atoms with van der Waals surface area (Å²) < 4.78 is 19.6. The third-order valence-corrected chi connectivity index (χ3v) is 12.1. The van der Waals surface area contributed by atoms with Gasteiger partial charge >= 0.3 is 0 Å². The highest BCUT2D eigenvalue weighted by Gasteiger charge is 2.48. The fraction of sp³-hybridized carbons (Fsp3) is 0.548. The molecule has 4 heterocycles. The highest BCUT2D eigenvalue weighted by molar-refractivity contribution is 5.96. The van der Waals surface area contributed by atoms with E-state index in [0.717, 1.165) is 60.1 Å². The molecule has 1 saturated carbocycles. The second-order valence-electron chi connectivity index (χ2n) is 15.8. The lowest BCUT2D eigenvalue weighted by Crippen LogP contribution is -2.65. The maximum atomic E-state index is 12.0. The van der Waals surface area contributed by atoms with Crippen LogP contribution in [0.25, 0.3) is 0 Å². The van der Waals surface area contributed by atoms with E-state index in [0.29, 0.717) is 36.1 Å². The zero-order valence-corrected chi connectivity index (χ0v) is 30.5. The summed E-state index contributed by atoms with van der Waals surface area (Å²) in [6.45, 7) is 7.78. The fourth-order valence-corrected chi connectivity index (χ4v) is 9.15. The van der Waals surface area contributed by atoms with Crippen molar-refractivity contribution in [2.75, 3.05) is 57.9 Å². The molecule has 3 saturated heterocycles. The highest BCUT2D eigenvalue weighted by Crippen LogP contribution is 2.43. The van der Waals surface area contributed by atoms with Crippen molar-refractivity contribution in [3.63, 3.8) is 0 Å². The molecule has 4 fully saturated rings. The van der Waals surface area contributed by atoms with Gasteiger partial charge in [-0.25, -0.2) is 0 Å². The summed E-state index contributed by atoms with van der Waals surface area (Å²) in [6.07, 6.45) is 7.92. The van der Waals surface area contributed by atoms with Crippen molar-refractivity contribution < 1.29 is 38.8 Å². The first-order valence-corrected chi connectivity index (χ1v) is 19.4. The van der Waals surface area contributed by atoms with E-state index in [1.807, 2.05) is 30.3 Å². The van der Waals surface area contributed by atoms with Crippen molar-refractivity contribution in [3.8, 4) is 17.2 Å². The number of amides is 1. The number of aliphatic hydroxyl groups is 2. The highest BCUT2D eigenvalue weighted by atomic mass is 16.5. The van der Waals surface area contributed by atoms with E-state index in [9.17, 15) is 20.1 Å². The summed E-state index contributed by atoms with van der Waals surface area (Å²) in [6, 6.07) is 21.4. The van der Waals surface area contributed by atoms with Crippen LogP contribution in [0, 0.1) is 11.8 Å². The lowest BCUT2D eigenvalue weighted by molar-refractivity contribution is -0.946. The molecular weight excluding hydrogens is 658 g/mol. The first kappa shape index (κ1) is 36.7. The van der Waals surface area contributed by atoms with E-state index in [-0.39, 0.29) is 42.9 Å². The van der Waals surface area contributed by atoms with Gasteiger partial charge in [-0.3, -0.25) is 4.79 Å². The van der Waals surface area contributed by atoms with E-state index in [1.165, 1.54) is 50.9 Å². The Hall–Kier alpha value is -3.67. The molecule has 52 heavy (non-hydrogen) atoms. The second-order valence-corrected chi connectivity index (χ2v) is 15.8. The standard InChI is InChI=1S/C42H55N3O7/c1-29(43-25-38(47)36-23-34(46)24-37-41(36)51-27-40(48)44-37)22-30-12-14-35(15-13-30)50-21-7-18-45-19-16-31(17-20-45)39(26-45)52-28-42(49,33-10-5-6-11-33)32-8-3-2-4-9-32/h2-4,8-9,12-15,23-24,29,31,33,38-39,43,47,49H,5-7,10-11,16-22,25-28H2,1H3,(H-,44,46,48)/p+1/t29?,31?,38-,39-,42?,45?/m0/s1. The Kier molecular flexibility index (Phi) is 11.4. The van der Waals surface area contributed by atoms with Crippen molar-refractivity contribution in [2.45, 2.75) is 82.1 Å². The number of anilines is 1. The van der Waals surface area contributed by atoms with Gasteiger partial charge in [0.15, 0.2) is 6.61 Å². The van der Waals surface area contributed by atoms with Crippen LogP contribution in [0.3, 0.4) is 0 Å². The molecule has 10 nitrogen and oxygen atoms in total. The van der Waals surface area contributed by atoms with Crippen LogP contribution in [-0.2, 0) is 21.6 Å².